The number of sulfonamides is 1. The average molecular weight is 493 g/mol. The fourth-order valence-corrected chi connectivity index (χ4v) is 4.45. The van der Waals surface area contributed by atoms with Crippen molar-refractivity contribution in [2.24, 2.45) is 0 Å². The molecule has 0 aliphatic carbocycles. The number of hydrogen-bond acceptors (Lipinski definition) is 4. The van der Waals surface area contributed by atoms with Crippen molar-refractivity contribution in [3.8, 4) is 5.75 Å². The van der Waals surface area contributed by atoms with Crippen LogP contribution in [0, 0.1) is 13.8 Å². The first kappa shape index (κ1) is 23.9. The van der Waals surface area contributed by atoms with Crippen molar-refractivity contribution >= 4 is 50.5 Å². The maximum atomic E-state index is 12.6. The summed E-state index contributed by atoms with van der Waals surface area (Å²) in [6.45, 7) is 5.55. The molecule has 1 amide bonds. The van der Waals surface area contributed by atoms with E-state index < -0.39 is 16.1 Å². The van der Waals surface area contributed by atoms with Crippen molar-refractivity contribution in [3.63, 3.8) is 0 Å². The van der Waals surface area contributed by atoms with E-state index in [2.05, 4.69) is 10.0 Å². The zero-order valence-corrected chi connectivity index (χ0v) is 20.0. The average Bonchev–Trinajstić information content (AvgIpc) is 2.70. The highest BCUT2D eigenvalue weighted by Crippen LogP contribution is 2.25. The molecule has 32 heavy (non-hydrogen) atoms. The van der Waals surface area contributed by atoms with Gasteiger partial charge in [0.1, 0.15) is 5.75 Å². The number of hydrogen-bond donors (Lipinski definition) is 2. The predicted molar refractivity (Wildman–Crippen MR) is 128 cm³/mol. The second-order valence-electron chi connectivity index (χ2n) is 7.24. The summed E-state index contributed by atoms with van der Waals surface area (Å²) in [7, 11) is -3.86. The molecule has 0 heterocycles. The van der Waals surface area contributed by atoms with Crippen molar-refractivity contribution in [1.82, 2.24) is 0 Å². The lowest BCUT2D eigenvalue weighted by Gasteiger charge is -2.17. The van der Waals surface area contributed by atoms with Gasteiger partial charge in [-0.2, -0.15) is 0 Å². The summed E-state index contributed by atoms with van der Waals surface area (Å²) in [5.74, 6) is 0.287. The summed E-state index contributed by atoms with van der Waals surface area (Å²) in [6.07, 6.45) is -0.742. The van der Waals surface area contributed by atoms with Gasteiger partial charge in [0, 0.05) is 15.7 Å². The van der Waals surface area contributed by atoms with Crippen LogP contribution in [0.5, 0.6) is 5.75 Å². The summed E-state index contributed by atoms with van der Waals surface area (Å²) >= 11 is 11.8. The van der Waals surface area contributed by atoms with Crippen molar-refractivity contribution in [2.45, 2.75) is 31.8 Å². The Morgan fingerprint density at radius 3 is 2.19 bits per heavy atom. The number of amides is 1. The summed E-state index contributed by atoms with van der Waals surface area (Å²) in [6, 6.07) is 15.8. The first-order chi connectivity index (χ1) is 15.0. The number of halogens is 2. The van der Waals surface area contributed by atoms with Gasteiger partial charge < -0.3 is 10.1 Å². The van der Waals surface area contributed by atoms with E-state index in [4.69, 9.17) is 27.9 Å². The van der Waals surface area contributed by atoms with E-state index in [9.17, 15) is 13.2 Å². The van der Waals surface area contributed by atoms with Crippen LogP contribution in [0.3, 0.4) is 0 Å². The number of carbonyl (C=O) groups excluding carboxylic acids is 1. The Labute approximate surface area is 197 Å². The van der Waals surface area contributed by atoms with Crippen molar-refractivity contribution in [3.05, 3.63) is 81.8 Å². The minimum Gasteiger partial charge on any atom is -0.481 e. The van der Waals surface area contributed by atoms with Crippen LogP contribution in [-0.2, 0) is 14.8 Å². The Balaban J connectivity index is 1.67. The molecule has 9 heteroatoms. The number of ether oxygens (including phenoxy) is 1. The normalized spacial score (nSPS) is 12.2. The van der Waals surface area contributed by atoms with E-state index in [1.165, 1.54) is 42.5 Å². The first-order valence-corrected chi connectivity index (χ1v) is 11.9. The SMILES string of the molecule is Cc1cccc(OC(C)C(=O)Nc2ccc(S(=O)(=O)Nc3cc(Cl)cc(Cl)c3)cc2)c1C. The number of carbonyl (C=O) groups is 1. The second kappa shape index (κ2) is 9.81. The van der Waals surface area contributed by atoms with Gasteiger partial charge in [0.25, 0.3) is 15.9 Å². The van der Waals surface area contributed by atoms with Crippen LogP contribution in [0.4, 0.5) is 11.4 Å². The van der Waals surface area contributed by atoms with Crippen LogP contribution < -0.4 is 14.8 Å². The maximum Gasteiger partial charge on any atom is 0.265 e. The Morgan fingerprint density at radius 1 is 0.938 bits per heavy atom. The van der Waals surface area contributed by atoms with E-state index in [1.54, 1.807) is 6.92 Å². The van der Waals surface area contributed by atoms with Gasteiger partial charge in [0.15, 0.2) is 6.10 Å². The molecule has 1 unspecified atom stereocenters. The minimum absolute atomic E-state index is 0.0197. The van der Waals surface area contributed by atoms with Crippen LogP contribution in [0.15, 0.2) is 65.6 Å². The molecular formula is C23H22Cl2N2O4S. The van der Waals surface area contributed by atoms with E-state index >= 15 is 0 Å². The number of rotatable bonds is 7. The quantitative estimate of drug-likeness (QED) is 0.435. The van der Waals surface area contributed by atoms with Crippen LogP contribution in [0.25, 0.3) is 0 Å². The van der Waals surface area contributed by atoms with Gasteiger partial charge >= 0.3 is 0 Å². The van der Waals surface area contributed by atoms with Gasteiger partial charge in [-0.3, -0.25) is 9.52 Å². The Morgan fingerprint density at radius 2 is 1.56 bits per heavy atom. The fraction of sp³-hybridized carbons (Fsp3) is 0.174. The van der Waals surface area contributed by atoms with Crippen LogP contribution in [-0.4, -0.2) is 20.4 Å². The molecule has 0 saturated carbocycles. The lowest BCUT2D eigenvalue weighted by molar-refractivity contribution is -0.122. The standard InChI is InChI=1S/C23H22Cl2N2O4S/c1-14-5-4-6-22(15(14)2)31-16(3)23(28)26-19-7-9-21(10-8-19)32(29,30)27-20-12-17(24)11-18(25)13-20/h4-13,16,27H,1-3H3,(H,26,28). The number of benzene rings is 3. The molecule has 3 aromatic carbocycles. The number of aryl methyl sites for hydroxylation is 1. The maximum absolute atomic E-state index is 12.6. The summed E-state index contributed by atoms with van der Waals surface area (Å²) in [4.78, 5) is 12.5. The van der Waals surface area contributed by atoms with Gasteiger partial charge in [0.2, 0.25) is 0 Å². The highest BCUT2D eigenvalue weighted by Gasteiger charge is 2.18. The zero-order valence-electron chi connectivity index (χ0n) is 17.6. The Kier molecular flexibility index (Phi) is 7.33. The first-order valence-electron chi connectivity index (χ1n) is 9.68. The molecule has 0 radical (unpaired) electrons. The smallest absolute Gasteiger partial charge is 0.265 e. The van der Waals surface area contributed by atoms with Gasteiger partial charge in [-0.15, -0.1) is 0 Å². The summed E-state index contributed by atoms with van der Waals surface area (Å²) < 4.78 is 33.5. The van der Waals surface area contributed by atoms with Crippen LogP contribution in [0.2, 0.25) is 10.0 Å². The van der Waals surface area contributed by atoms with Gasteiger partial charge in [0.05, 0.1) is 10.6 Å². The number of anilines is 2. The largest absolute Gasteiger partial charge is 0.481 e. The highest BCUT2D eigenvalue weighted by atomic mass is 35.5. The molecule has 3 rings (SSSR count). The van der Waals surface area contributed by atoms with Crippen LogP contribution in [0.1, 0.15) is 18.1 Å². The summed E-state index contributed by atoms with van der Waals surface area (Å²) in [5, 5.41) is 3.35. The lowest BCUT2D eigenvalue weighted by Crippen LogP contribution is -2.30. The monoisotopic (exact) mass is 492 g/mol. The molecule has 0 fully saturated rings. The molecule has 0 aliphatic rings. The molecule has 0 aliphatic heterocycles. The molecule has 3 aromatic rings. The topological polar surface area (TPSA) is 84.5 Å². The molecule has 168 valence electrons. The van der Waals surface area contributed by atoms with Crippen LogP contribution >= 0.6 is 23.2 Å². The molecule has 1 atom stereocenters. The Hall–Kier alpha value is -2.74. The molecular weight excluding hydrogens is 471 g/mol. The van der Waals surface area contributed by atoms with E-state index in [1.807, 2.05) is 32.0 Å². The molecule has 2 N–H and O–H groups in total. The third-order valence-corrected chi connectivity index (χ3v) is 6.61. The predicted octanol–water partition coefficient (Wildman–Crippen LogP) is 5.82. The van der Waals surface area contributed by atoms with Crippen molar-refractivity contribution < 1.29 is 17.9 Å². The Bertz CT molecular complexity index is 1230. The summed E-state index contributed by atoms with van der Waals surface area (Å²) in [5.41, 5.74) is 2.73. The van der Waals surface area contributed by atoms with Crippen molar-refractivity contribution in [1.29, 1.82) is 0 Å². The van der Waals surface area contributed by atoms with Gasteiger partial charge in [-0.05, 0) is 80.4 Å². The second-order valence-corrected chi connectivity index (χ2v) is 9.79. The molecule has 0 saturated heterocycles. The van der Waals surface area contributed by atoms with Gasteiger partial charge in [-0.25, -0.2) is 8.42 Å². The third kappa shape index (κ3) is 5.94. The number of nitrogens with one attached hydrogen (secondary N) is 2. The van der Waals surface area contributed by atoms with Gasteiger partial charge in [-0.1, -0.05) is 35.3 Å². The highest BCUT2D eigenvalue weighted by molar-refractivity contribution is 7.92. The lowest BCUT2D eigenvalue weighted by atomic mass is 10.1. The third-order valence-electron chi connectivity index (χ3n) is 4.77. The molecule has 0 spiro atoms. The molecule has 6 nitrogen and oxygen atoms in total. The van der Waals surface area contributed by atoms with E-state index in [-0.39, 0.29) is 16.5 Å². The zero-order chi connectivity index (χ0) is 23.5. The fourth-order valence-electron chi connectivity index (χ4n) is 2.88. The van der Waals surface area contributed by atoms with E-state index in [0.29, 0.717) is 21.5 Å². The van der Waals surface area contributed by atoms with Crippen molar-refractivity contribution in [2.75, 3.05) is 10.0 Å². The van der Waals surface area contributed by atoms with E-state index in [0.717, 1.165) is 11.1 Å². The minimum atomic E-state index is -3.86. The molecule has 0 bridgehead atoms. The molecule has 0 aromatic heterocycles.